The molecule has 1 saturated carbocycles. The Morgan fingerprint density at radius 1 is 1.42 bits per heavy atom. The van der Waals surface area contributed by atoms with Gasteiger partial charge in [-0.2, -0.15) is 5.26 Å². The number of rotatable bonds is 3. The van der Waals surface area contributed by atoms with Gasteiger partial charge >= 0.3 is 5.97 Å². The Hall–Kier alpha value is -1.96. The highest BCUT2D eigenvalue weighted by Gasteiger charge is 2.36. The van der Waals surface area contributed by atoms with Gasteiger partial charge in [-0.3, -0.25) is 14.4 Å². The fraction of sp³-hybridized carbons (Fsp3) is 0.571. The molecule has 0 aromatic carbocycles. The van der Waals surface area contributed by atoms with Crippen LogP contribution in [0.4, 0.5) is 0 Å². The number of esters is 1. The van der Waals surface area contributed by atoms with E-state index in [9.17, 15) is 14.4 Å². The van der Waals surface area contributed by atoms with Gasteiger partial charge in [0.1, 0.15) is 0 Å². The molecule has 0 aromatic rings. The molecule has 5 heteroatoms. The number of nitrogens with zero attached hydrogens (tertiary/aromatic N) is 1. The Kier molecular flexibility index (Phi) is 4.60. The fourth-order valence-corrected chi connectivity index (χ4v) is 2.02. The number of ether oxygens (including phenoxy) is 1. The molecule has 1 unspecified atom stereocenters. The van der Waals surface area contributed by atoms with E-state index in [-0.39, 0.29) is 42.0 Å². The van der Waals surface area contributed by atoms with Gasteiger partial charge in [-0.25, -0.2) is 0 Å². The molecule has 1 aliphatic carbocycles. The van der Waals surface area contributed by atoms with Gasteiger partial charge in [0.05, 0.1) is 18.2 Å². The third kappa shape index (κ3) is 3.75. The normalized spacial score (nSPS) is 19.6. The summed E-state index contributed by atoms with van der Waals surface area (Å²) in [5.41, 5.74) is -0.406. The van der Waals surface area contributed by atoms with E-state index >= 15 is 0 Å². The second-order valence-electron chi connectivity index (χ2n) is 5.30. The maximum absolute atomic E-state index is 11.9. The van der Waals surface area contributed by atoms with Crippen LogP contribution in [0.2, 0.25) is 0 Å². The monoisotopic (exact) mass is 263 g/mol. The van der Waals surface area contributed by atoms with E-state index in [1.54, 1.807) is 13.0 Å². The van der Waals surface area contributed by atoms with Gasteiger partial charge < -0.3 is 4.74 Å². The molecule has 0 saturated heterocycles. The molecule has 0 amide bonds. The first-order valence-corrected chi connectivity index (χ1v) is 6.15. The Labute approximate surface area is 112 Å². The molecule has 19 heavy (non-hydrogen) atoms. The van der Waals surface area contributed by atoms with Gasteiger partial charge in [0, 0.05) is 12.8 Å². The van der Waals surface area contributed by atoms with Crippen LogP contribution < -0.4 is 0 Å². The largest absolute Gasteiger partial charge is 0.465 e. The summed E-state index contributed by atoms with van der Waals surface area (Å²) in [6, 6.07) is 1.74. The number of Topliss-reactive ketones (excluding diaryl/α,β-unsaturated/α-hetero) is 2. The Bertz CT molecular complexity index is 460. The van der Waals surface area contributed by atoms with Gasteiger partial charge in [0.15, 0.2) is 17.5 Å². The molecule has 5 nitrogen and oxygen atoms in total. The van der Waals surface area contributed by atoms with Gasteiger partial charge in [-0.05, 0) is 18.4 Å². The maximum atomic E-state index is 11.9. The van der Waals surface area contributed by atoms with Crippen LogP contribution >= 0.6 is 0 Å². The number of ketones is 2. The van der Waals surface area contributed by atoms with Crippen LogP contribution in [0.5, 0.6) is 0 Å². The zero-order valence-corrected chi connectivity index (χ0v) is 11.4. The van der Waals surface area contributed by atoms with Crippen molar-refractivity contribution >= 4 is 17.5 Å². The molecule has 0 aliphatic heterocycles. The lowest BCUT2D eigenvalue weighted by molar-refractivity contribution is -0.144. The Balaban J connectivity index is 2.98. The van der Waals surface area contributed by atoms with Crippen molar-refractivity contribution < 1.29 is 19.1 Å². The molecule has 0 heterocycles. The zero-order valence-electron chi connectivity index (χ0n) is 11.4. The molecule has 1 rings (SSSR count). The standard InChI is InChI=1S/C14H17NO4/c1-4-19-13(18)9(8-15)5-10-11(16)6-14(2,3)7-12(10)17/h5,9H,4,6-7H2,1-3H3. The van der Waals surface area contributed by atoms with E-state index in [0.717, 1.165) is 6.08 Å². The van der Waals surface area contributed by atoms with Crippen molar-refractivity contribution in [1.29, 1.82) is 5.26 Å². The minimum Gasteiger partial charge on any atom is -0.465 e. The van der Waals surface area contributed by atoms with Crippen molar-refractivity contribution in [3.8, 4) is 6.07 Å². The van der Waals surface area contributed by atoms with Gasteiger partial charge in [-0.1, -0.05) is 13.8 Å². The molecule has 1 fully saturated rings. The summed E-state index contributed by atoms with van der Waals surface area (Å²) in [4.78, 5) is 35.3. The zero-order chi connectivity index (χ0) is 14.6. The third-order valence-electron chi connectivity index (χ3n) is 2.89. The quantitative estimate of drug-likeness (QED) is 0.438. The third-order valence-corrected chi connectivity index (χ3v) is 2.89. The summed E-state index contributed by atoms with van der Waals surface area (Å²) < 4.78 is 4.72. The van der Waals surface area contributed by atoms with E-state index in [1.165, 1.54) is 0 Å². The number of allylic oxidation sites excluding steroid dienone is 1. The van der Waals surface area contributed by atoms with Crippen molar-refractivity contribution in [2.75, 3.05) is 6.61 Å². The topological polar surface area (TPSA) is 84.2 Å². The minimum atomic E-state index is -1.20. The summed E-state index contributed by atoms with van der Waals surface area (Å²) in [6.45, 7) is 5.45. The molecular formula is C14H17NO4. The van der Waals surface area contributed by atoms with Crippen molar-refractivity contribution in [3.63, 3.8) is 0 Å². The van der Waals surface area contributed by atoms with Crippen molar-refractivity contribution in [2.24, 2.45) is 11.3 Å². The molecule has 0 radical (unpaired) electrons. The molecule has 0 spiro atoms. The lowest BCUT2D eigenvalue weighted by atomic mass is 9.73. The predicted molar refractivity (Wildman–Crippen MR) is 66.8 cm³/mol. The van der Waals surface area contributed by atoms with E-state index in [2.05, 4.69) is 0 Å². The number of hydrogen-bond donors (Lipinski definition) is 0. The van der Waals surface area contributed by atoms with Crippen LogP contribution in [-0.2, 0) is 19.1 Å². The van der Waals surface area contributed by atoms with Crippen molar-refractivity contribution in [3.05, 3.63) is 11.6 Å². The minimum absolute atomic E-state index is 0.0427. The van der Waals surface area contributed by atoms with Crippen LogP contribution in [0.25, 0.3) is 0 Å². The summed E-state index contributed by atoms with van der Waals surface area (Å²) in [7, 11) is 0. The van der Waals surface area contributed by atoms with Crippen LogP contribution in [-0.4, -0.2) is 24.1 Å². The summed E-state index contributed by atoms with van der Waals surface area (Å²) >= 11 is 0. The summed E-state index contributed by atoms with van der Waals surface area (Å²) in [5, 5.41) is 8.91. The molecule has 0 N–H and O–H groups in total. The highest BCUT2D eigenvalue weighted by molar-refractivity contribution is 6.22. The molecule has 1 aliphatic rings. The second-order valence-corrected chi connectivity index (χ2v) is 5.30. The first kappa shape index (κ1) is 15.1. The Morgan fingerprint density at radius 3 is 2.37 bits per heavy atom. The van der Waals surface area contributed by atoms with Crippen LogP contribution in [0.1, 0.15) is 33.6 Å². The van der Waals surface area contributed by atoms with Gasteiger partial charge in [0.25, 0.3) is 0 Å². The van der Waals surface area contributed by atoms with E-state index in [1.807, 2.05) is 13.8 Å². The fourth-order valence-electron chi connectivity index (χ4n) is 2.02. The lowest BCUT2D eigenvalue weighted by Gasteiger charge is -2.28. The van der Waals surface area contributed by atoms with E-state index in [0.29, 0.717) is 0 Å². The van der Waals surface area contributed by atoms with Crippen molar-refractivity contribution in [2.45, 2.75) is 33.6 Å². The van der Waals surface area contributed by atoms with Crippen molar-refractivity contribution in [1.82, 2.24) is 0 Å². The Morgan fingerprint density at radius 2 is 1.95 bits per heavy atom. The molecular weight excluding hydrogens is 246 g/mol. The summed E-state index contributed by atoms with van der Waals surface area (Å²) in [5.74, 6) is -2.57. The van der Waals surface area contributed by atoms with Gasteiger partial charge in [0.2, 0.25) is 0 Å². The first-order valence-electron chi connectivity index (χ1n) is 6.15. The molecule has 0 aromatic heterocycles. The highest BCUT2D eigenvalue weighted by atomic mass is 16.5. The lowest BCUT2D eigenvalue weighted by Crippen LogP contribution is -2.32. The van der Waals surface area contributed by atoms with E-state index < -0.39 is 11.9 Å². The molecule has 1 atom stereocenters. The van der Waals surface area contributed by atoms with Gasteiger partial charge in [-0.15, -0.1) is 0 Å². The summed E-state index contributed by atoms with van der Waals surface area (Å²) in [6.07, 6.45) is 1.62. The van der Waals surface area contributed by atoms with Crippen LogP contribution in [0.3, 0.4) is 0 Å². The molecule has 102 valence electrons. The smallest absolute Gasteiger partial charge is 0.327 e. The first-order chi connectivity index (χ1) is 8.80. The predicted octanol–water partition coefficient (Wildman–Crippen LogP) is 1.57. The SMILES string of the molecule is CCOC(=O)C(C#N)C=C1C(=O)CC(C)(C)CC1=O. The maximum Gasteiger partial charge on any atom is 0.327 e. The highest BCUT2D eigenvalue weighted by Crippen LogP contribution is 2.33. The van der Waals surface area contributed by atoms with Crippen LogP contribution in [0, 0.1) is 22.7 Å². The number of carbonyl (C=O) groups is 3. The van der Waals surface area contributed by atoms with E-state index in [4.69, 9.17) is 10.00 Å². The average molecular weight is 263 g/mol. The number of hydrogen-bond acceptors (Lipinski definition) is 5. The number of carbonyl (C=O) groups excluding carboxylic acids is 3. The second kappa shape index (κ2) is 5.79. The number of nitriles is 1. The van der Waals surface area contributed by atoms with Crippen LogP contribution in [0.15, 0.2) is 11.6 Å². The average Bonchev–Trinajstić information content (AvgIpc) is 2.27. The molecule has 0 bridgehead atoms.